The monoisotopic (exact) mass is 347 g/mol. The van der Waals surface area contributed by atoms with Gasteiger partial charge in [-0.3, -0.25) is 4.79 Å². The Morgan fingerprint density at radius 1 is 1.29 bits per heavy atom. The van der Waals surface area contributed by atoms with Gasteiger partial charge < -0.3 is 11.1 Å². The number of benzene rings is 1. The largest absolute Gasteiger partial charge is 0.356 e. The van der Waals surface area contributed by atoms with Gasteiger partial charge in [0, 0.05) is 37.0 Å². The Kier molecular flexibility index (Phi) is 9.99. The van der Waals surface area contributed by atoms with E-state index in [1.165, 1.54) is 0 Å². The quantitative estimate of drug-likeness (QED) is 0.843. The minimum Gasteiger partial charge on any atom is -0.356 e. The molecule has 0 bridgehead atoms. The third kappa shape index (κ3) is 6.91. The topological polar surface area (TPSA) is 68.0 Å². The number of thiazole rings is 1. The van der Waals surface area contributed by atoms with E-state index in [4.69, 9.17) is 5.73 Å². The smallest absolute Gasteiger partial charge is 0.221 e. The third-order valence-corrected chi connectivity index (χ3v) is 3.62. The summed E-state index contributed by atoms with van der Waals surface area (Å²) >= 11 is 1.60. The molecule has 2 rings (SSSR count). The summed E-state index contributed by atoms with van der Waals surface area (Å²) < 4.78 is 0. The molecule has 4 nitrogen and oxygen atoms in total. The Morgan fingerprint density at radius 3 is 2.62 bits per heavy atom. The first-order valence-corrected chi connectivity index (χ1v) is 7.09. The van der Waals surface area contributed by atoms with Crippen molar-refractivity contribution < 1.29 is 4.79 Å². The SMILES string of the molecule is Cl.Cl.NC(CC(=O)NCCc1nccs1)c1ccccc1. The second-order valence-electron chi connectivity index (χ2n) is 4.25. The van der Waals surface area contributed by atoms with Crippen molar-refractivity contribution in [1.82, 2.24) is 10.3 Å². The van der Waals surface area contributed by atoms with E-state index < -0.39 is 0 Å². The molecule has 1 unspecified atom stereocenters. The van der Waals surface area contributed by atoms with Crippen LogP contribution in [0, 0.1) is 0 Å². The number of nitrogens with one attached hydrogen (secondary N) is 1. The van der Waals surface area contributed by atoms with Crippen LogP contribution in [-0.4, -0.2) is 17.4 Å². The van der Waals surface area contributed by atoms with Crippen molar-refractivity contribution in [3.63, 3.8) is 0 Å². The van der Waals surface area contributed by atoms with Gasteiger partial charge >= 0.3 is 0 Å². The number of nitrogens with zero attached hydrogens (tertiary/aromatic N) is 1. The van der Waals surface area contributed by atoms with Gasteiger partial charge in [-0.25, -0.2) is 4.98 Å². The van der Waals surface area contributed by atoms with Crippen molar-refractivity contribution >= 4 is 42.1 Å². The number of aromatic nitrogens is 1. The number of carbonyl (C=O) groups is 1. The van der Waals surface area contributed by atoms with Crippen molar-refractivity contribution in [1.29, 1.82) is 0 Å². The zero-order chi connectivity index (χ0) is 13.5. The van der Waals surface area contributed by atoms with E-state index in [2.05, 4.69) is 10.3 Å². The van der Waals surface area contributed by atoms with Gasteiger partial charge in [0.1, 0.15) is 0 Å². The molecule has 0 spiro atoms. The van der Waals surface area contributed by atoms with Crippen LogP contribution in [0.3, 0.4) is 0 Å². The van der Waals surface area contributed by atoms with Crippen molar-refractivity contribution in [2.45, 2.75) is 18.9 Å². The van der Waals surface area contributed by atoms with E-state index in [0.717, 1.165) is 17.0 Å². The van der Waals surface area contributed by atoms with Crippen LogP contribution in [0.15, 0.2) is 41.9 Å². The van der Waals surface area contributed by atoms with Gasteiger partial charge in [-0.1, -0.05) is 30.3 Å². The molecule has 0 aliphatic heterocycles. The molecule has 7 heteroatoms. The van der Waals surface area contributed by atoms with E-state index in [9.17, 15) is 4.79 Å². The molecule has 0 fully saturated rings. The zero-order valence-electron chi connectivity index (χ0n) is 11.4. The molecular formula is C14H19Cl2N3OS. The highest BCUT2D eigenvalue weighted by atomic mass is 35.5. The molecule has 0 saturated heterocycles. The predicted molar refractivity (Wildman–Crippen MR) is 91.3 cm³/mol. The lowest BCUT2D eigenvalue weighted by molar-refractivity contribution is -0.121. The minimum atomic E-state index is -0.249. The number of amides is 1. The summed E-state index contributed by atoms with van der Waals surface area (Å²) in [6, 6.07) is 9.41. The number of rotatable bonds is 6. The standard InChI is InChI=1S/C14H17N3OS.2ClH/c15-12(11-4-2-1-3-5-11)10-13(18)16-7-6-14-17-8-9-19-14;;/h1-5,8-9,12H,6-7,10,15H2,(H,16,18);2*1H. The van der Waals surface area contributed by atoms with E-state index in [1.807, 2.05) is 35.7 Å². The highest BCUT2D eigenvalue weighted by molar-refractivity contribution is 7.09. The summed E-state index contributed by atoms with van der Waals surface area (Å²) in [6.45, 7) is 0.605. The van der Waals surface area contributed by atoms with Crippen LogP contribution in [-0.2, 0) is 11.2 Å². The normalized spacial score (nSPS) is 10.9. The molecule has 0 aliphatic rings. The van der Waals surface area contributed by atoms with Crippen molar-refractivity contribution in [3.05, 3.63) is 52.5 Å². The molecule has 1 aromatic heterocycles. The summed E-state index contributed by atoms with van der Waals surface area (Å²) in [7, 11) is 0. The second-order valence-corrected chi connectivity index (χ2v) is 5.23. The first-order chi connectivity index (χ1) is 9.25. The summed E-state index contributed by atoms with van der Waals surface area (Å²) in [6.07, 6.45) is 2.85. The van der Waals surface area contributed by atoms with E-state index in [1.54, 1.807) is 17.5 Å². The van der Waals surface area contributed by atoms with Gasteiger partial charge in [0.05, 0.1) is 5.01 Å². The third-order valence-electron chi connectivity index (χ3n) is 2.78. The maximum Gasteiger partial charge on any atom is 0.221 e. The van der Waals surface area contributed by atoms with Gasteiger partial charge in [-0.05, 0) is 5.56 Å². The summed E-state index contributed by atoms with van der Waals surface area (Å²) in [4.78, 5) is 15.9. The fraction of sp³-hybridized carbons (Fsp3) is 0.286. The molecule has 3 N–H and O–H groups in total. The average Bonchev–Trinajstić information content (AvgIpc) is 2.93. The summed E-state index contributed by atoms with van der Waals surface area (Å²) in [5.74, 6) is -0.0205. The van der Waals surface area contributed by atoms with Gasteiger partial charge in [0.2, 0.25) is 5.91 Å². The molecule has 1 amide bonds. The van der Waals surface area contributed by atoms with Crippen LogP contribution in [0.1, 0.15) is 23.0 Å². The maximum atomic E-state index is 11.7. The first kappa shape index (κ1) is 19.9. The molecule has 0 radical (unpaired) electrons. The predicted octanol–water partition coefficient (Wildman–Crippen LogP) is 2.74. The molecule has 116 valence electrons. The van der Waals surface area contributed by atoms with Crippen LogP contribution in [0.5, 0.6) is 0 Å². The Hall–Kier alpha value is -1.14. The first-order valence-electron chi connectivity index (χ1n) is 6.21. The van der Waals surface area contributed by atoms with E-state index in [-0.39, 0.29) is 36.8 Å². The van der Waals surface area contributed by atoms with Crippen LogP contribution in [0.2, 0.25) is 0 Å². The van der Waals surface area contributed by atoms with E-state index >= 15 is 0 Å². The Balaban J connectivity index is 0.00000200. The number of carbonyl (C=O) groups excluding carboxylic acids is 1. The van der Waals surface area contributed by atoms with Gasteiger partial charge in [-0.15, -0.1) is 36.2 Å². The molecule has 0 saturated carbocycles. The second kappa shape index (κ2) is 10.6. The van der Waals surface area contributed by atoms with Crippen LogP contribution < -0.4 is 11.1 Å². The summed E-state index contributed by atoms with van der Waals surface area (Å²) in [5, 5.41) is 5.84. The van der Waals surface area contributed by atoms with Crippen molar-refractivity contribution in [2.75, 3.05) is 6.54 Å². The highest BCUT2D eigenvalue weighted by Crippen LogP contribution is 2.12. The zero-order valence-corrected chi connectivity index (χ0v) is 13.8. The van der Waals surface area contributed by atoms with Gasteiger partial charge in [-0.2, -0.15) is 0 Å². The molecular weight excluding hydrogens is 329 g/mol. The highest BCUT2D eigenvalue weighted by Gasteiger charge is 2.10. The summed E-state index contributed by atoms with van der Waals surface area (Å²) in [5.41, 5.74) is 6.97. The van der Waals surface area contributed by atoms with Crippen LogP contribution in [0.4, 0.5) is 0 Å². The number of nitrogens with two attached hydrogens (primary N) is 1. The maximum absolute atomic E-state index is 11.7. The van der Waals surface area contributed by atoms with E-state index in [0.29, 0.717) is 13.0 Å². The van der Waals surface area contributed by atoms with Gasteiger partial charge in [0.15, 0.2) is 0 Å². The van der Waals surface area contributed by atoms with Crippen molar-refractivity contribution in [3.8, 4) is 0 Å². The lowest BCUT2D eigenvalue weighted by Crippen LogP contribution is -2.29. The lowest BCUT2D eigenvalue weighted by atomic mass is 10.0. The number of halogens is 2. The molecule has 1 aromatic carbocycles. The van der Waals surface area contributed by atoms with Crippen molar-refractivity contribution in [2.24, 2.45) is 5.73 Å². The lowest BCUT2D eigenvalue weighted by Gasteiger charge is -2.11. The Bertz CT molecular complexity index is 508. The fourth-order valence-corrected chi connectivity index (χ4v) is 2.40. The average molecular weight is 348 g/mol. The molecule has 21 heavy (non-hydrogen) atoms. The fourth-order valence-electron chi connectivity index (χ4n) is 1.78. The minimum absolute atomic E-state index is 0. The molecule has 0 aliphatic carbocycles. The number of hydrogen-bond donors (Lipinski definition) is 2. The van der Waals surface area contributed by atoms with Gasteiger partial charge in [0.25, 0.3) is 0 Å². The van der Waals surface area contributed by atoms with Crippen LogP contribution in [0.25, 0.3) is 0 Å². The Morgan fingerprint density at radius 2 is 2.00 bits per heavy atom. The van der Waals surface area contributed by atoms with Crippen LogP contribution >= 0.6 is 36.2 Å². The number of hydrogen-bond acceptors (Lipinski definition) is 4. The molecule has 2 aromatic rings. The molecule has 1 heterocycles. The molecule has 1 atom stereocenters. The Labute approximate surface area is 141 Å².